The number of ether oxygens (including phenoxy) is 2. The molecule has 12 heteroatoms. The minimum absolute atomic E-state index is 0.0190. The molecule has 1 aliphatic heterocycles. The van der Waals surface area contributed by atoms with Crippen LogP contribution in [-0.4, -0.2) is 70.4 Å². The number of aromatic amines is 1. The zero-order chi connectivity index (χ0) is 34.8. The number of fused-ring (bicyclic) bond motifs is 1. The Bertz CT molecular complexity index is 1490. The first-order valence-electron chi connectivity index (χ1n) is 17.4. The van der Waals surface area contributed by atoms with Crippen LogP contribution in [-0.2, 0) is 14.3 Å². The van der Waals surface area contributed by atoms with E-state index in [-0.39, 0.29) is 35.9 Å². The van der Waals surface area contributed by atoms with Crippen molar-refractivity contribution in [2.75, 3.05) is 32.8 Å². The number of carbonyl (C=O) groups is 2. The lowest BCUT2D eigenvalue weighted by Crippen LogP contribution is -2.37. The quantitative estimate of drug-likeness (QED) is 0.0864. The summed E-state index contributed by atoms with van der Waals surface area (Å²) in [4.78, 5) is 46.8. The van der Waals surface area contributed by atoms with Gasteiger partial charge in [-0.25, -0.2) is 14.8 Å². The van der Waals surface area contributed by atoms with Gasteiger partial charge in [0.05, 0.1) is 18.8 Å². The van der Waals surface area contributed by atoms with E-state index < -0.39 is 6.09 Å². The van der Waals surface area contributed by atoms with Crippen molar-refractivity contribution in [3.8, 4) is 0 Å². The summed E-state index contributed by atoms with van der Waals surface area (Å²) in [6.07, 6.45) is 36.2. The molecule has 2 aromatic heterocycles. The highest BCUT2D eigenvalue weighted by Crippen LogP contribution is 2.29. The maximum Gasteiger partial charge on any atom is 0.407 e. The van der Waals surface area contributed by atoms with E-state index in [2.05, 4.69) is 105 Å². The van der Waals surface area contributed by atoms with Crippen LogP contribution in [0.4, 0.5) is 4.79 Å². The lowest BCUT2D eigenvalue weighted by molar-refractivity contribution is -0.120. The van der Waals surface area contributed by atoms with Crippen LogP contribution < -0.4 is 21.5 Å². The highest BCUT2D eigenvalue weighted by molar-refractivity contribution is 5.76. The van der Waals surface area contributed by atoms with Crippen LogP contribution in [0.1, 0.15) is 77.4 Å². The van der Waals surface area contributed by atoms with Crippen LogP contribution in [0.2, 0.25) is 0 Å². The van der Waals surface area contributed by atoms with Gasteiger partial charge in [0, 0.05) is 32.6 Å². The Labute approximate surface area is 289 Å². The SMILES string of the molecule is CCC=CCC=CCC=CCC=CCC=CCC=CCCC(=O)NCCNCCNC(=O)OCC1CCC(n2cnc3c(=O)[nH]cnc32)O1. The topological polar surface area (TPSA) is 152 Å². The Hall–Kier alpha value is -4.55. The normalized spacial score (nSPS) is 16.9. The standard InChI is InChI=1S/C37H53N7O5/c1-2-3-4-5-6-7-8-9-10-11-12-13-14-15-16-17-18-19-20-21-32(45)39-26-24-38-25-27-40-37(47)48-28-31-22-23-33(49-31)44-30-43-34-35(44)41-29-42-36(34)46/h3-4,6-7,9-10,12-13,15-16,18-19,29-31,33,38H,2,5,8,11,14,17,20-28H2,1H3,(H,39,45)(H,40,47)(H,41,42,46). The first-order chi connectivity index (χ1) is 24.1. The molecule has 1 saturated heterocycles. The third kappa shape index (κ3) is 16.4. The third-order valence-electron chi connectivity index (χ3n) is 7.49. The van der Waals surface area contributed by atoms with Crippen molar-refractivity contribution in [1.29, 1.82) is 0 Å². The molecule has 0 saturated carbocycles. The molecule has 2 aromatic rings. The van der Waals surface area contributed by atoms with E-state index >= 15 is 0 Å². The highest BCUT2D eigenvalue weighted by Gasteiger charge is 2.29. The van der Waals surface area contributed by atoms with Gasteiger partial charge < -0.3 is 30.4 Å². The van der Waals surface area contributed by atoms with Crippen molar-refractivity contribution in [3.05, 3.63) is 95.9 Å². The van der Waals surface area contributed by atoms with Crippen LogP contribution in [0.25, 0.3) is 11.2 Å². The number of nitrogens with zero attached hydrogens (tertiary/aromatic N) is 3. The molecule has 1 aliphatic rings. The van der Waals surface area contributed by atoms with Gasteiger partial charge in [-0.1, -0.05) is 79.8 Å². The number of nitrogens with one attached hydrogen (secondary N) is 4. The van der Waals surface area contributed by atoms with Gasteiger partial charge in [0.2, 0.25) is 5.91 Å². The molecule has 0 aliphatic carbocycles. The van der Waals surface area contributed by atoms with Crippen LogP contribution in [0.5, 0.6) is 0 Å². The van der Waals surface area contributed by atoms with Crippen molar-refractivity contribution in [3.63, 3.8) is 0 Å². The number of hydrogen-bond acceptors (Lipinski definition) is 8. The molecule has 12 nitrogen and oxygen atoms in total. The summed E-state index contributed by atoms with van der Waals surface area (Å²) in [7, 11) is 0. The lowest BCUT2D eigenvalue weighted by Gasteiger charge is -2.15. The number of imidazole rings is 1. The van der Waals surface area contributed by atoms with Crippen LogP contribution in [0.3, 0.4) is 0 Å². The smallest absolute Gasteiger partial charge is 0.407 e. The molecule has 4 N–H and O–H groups in total. The Balaban J connectivity index is 1.09. The Kier molecular flexibility index (Phi) is 19.5. The monoisotopic (exact) mass is 675 g/mol. The summed E-state index contributed by atoms with van der Waals surface area (Å²) in [6.45, 7) is 4.33. The van der Waals surface area contributed by atoms with E-state index in [1.54, 1.807) is 10.9 Å². The van der Waals surface area contributed by atoms with E-state index in [4.69, 9.17) is 9.47 Å². The van der Waals surface area contributed by atoms with Gasteiger partial charge in [-0.15, -0.1) is 0 Å². The van der Waals surface area contributed by atoms with Crippen molar-refractivity contribution >= 4 is 23.2 Å². The van der Waals surface area contributed by atoms with E-state index in [0.29, 0.717) is 57.5 Å². The molecule has 1 fully saturated rings. The van der Waals surface area contributed by atoms with Gasteiger partial charge in [0.15, 0.2) is 11.2 Å². The second kappa shape index (κ2) is 24.6. The molecule has 0 radical (unpaired) electrons. The molecule has 2 amide bonds. The van der Waals surface area contributed by atoms with Crippen LogP contribution in [0, 0.1) is 0 Å². The lowest BCUT2D eigenvalue weighted by atomic mass is 10.2. The number of carbonyl (C=O) groups excluding carboxylic acids is 2. The van der Waals surface area contributed by atoms with Gasteiger partial charge in [-0.3, -0.25) is 14.2 Å². The number of amides is 2. The zero-order valence-corrected chi connectivity index (χ0v) is 28.7. The Morgan fingerprint density at radius 2 is 1.47 bits per heavy atom. The molecule has 2 unspecified atom stereocenters. The predicted octanol–water partition coefficient (Wildman–Crippen LogP) is 5.71. The van der Waals surface area contributed by atoms with Crippen molar-refractivity contribution in [2.24, 2.45) is 0 Å². The number of hydrogen-bond donors (Lipinski definition) is 4. The van der Waals surface area contributed by atoms with Crippen molar-refractivity contribution in [1.82, 2.24) is 35.5 Å². The van der Waals surface area contributed by atoms with Gasteiger partial charge in [0.25, 0.3) is 5.56 Å². The predicted molar refractivity (Wildman–Crippen MR) is 194 cm³/mol. The average molecular weight is 676 g/mol. The fourth-order valence-corrected chi connectivity index (χ4v) is 4.92. The van der Waals surface area contributed by atoms with Gasteiger partial charge in [-0.2, -0.15) is 0 Å². The second-order valence-corrected chi connectivity index (χ2v) is 11.4. The molecule has 2 atom stereocenters. The molecule has 3 heterocycles. The second-order valence-electron chi connectivity index (χ2n) is 11.4. The maximum absolute atomic E-state index is 12.1. The van der Waals surface area contributed by atoms with Crippen LogP contribution >= 0.6 is 0 Å². The van der Waals surface area contributed by atoms with E-state index in [9.17, 15) is 14.4 Å². The maximum atomic E-state index is 12.1. The van der Waals surface area contributed by atoms with E-state index in [0.717, 1.165) is 38.5 Å². The summed E-state index contributed by atoms with van der Waals surface area (Å²) in [5.74, 6) is 0.0190. The minimum Gasteiger partial charge on any atom is -0.447 e. The van der Waals surface area contributed by atoms with Crippen molar-refractivity contribution in [2.45, 2.75) is 83.5 Å². The zero-order valence-electron chi connectivity index (χ0n) is 28.7. The summed E-state index contributed by atoms with van der Waals surface area (Å²) in [6, 6.07) is 0. The summed E-state index contributed by atoms with van der Waals surface area (Å²) in [5, 5.41) is 8.78. The number of alkyl carbamates (subject to hydrolysis) is 1. The first kappa shape index (κ1) is 38.9. The van der Waals surface area contributed by atoms with E-state index in [1.807, 2.05) is 6.08 Å². The Morgan fingerprint density at radius 1 is 0.857 bits per heavy atom. The highest BCUT2D eigenvalue weighted by atomic mass is 16.6. The van der Waals surface area contributed by atoms with Crippen molar-refractivity contribution < 1.29 is 19.1 Å². The summed E-state index contributed by atoms with van der Waals surface area (Å²) in [5.41, 5.74) is 0.421. The third-order valence-corrected chi connectivity index (χ3v) is 7.49. The van der Waals surface area contributed by atoms with Gasteiger partial charge in [-0.05, 0) is 57.8 Å². The molecule has 0 aromatic carbocycles. The molecular weight excluding hydrogens is 622 g/mol. The molecule has 0 bridgehead atoms. The largest absolute Gasteiger partial charge is 0.447 e. The van der Waals surface area contributed by atoms with E-state index in [1.165, 1.54) is 6.33 Å². The molecular formula is C37H53N7O5. The molecule has 0 spiro atoms. The summed E-state index contributed by atoms with van der Waals surface area (Å²) < 4.78 is 13.0. The minimum atomic E-state index is -0.516. The van der Waals surface area contributed by atoms with Gasteiger partial charge in [0.1, 0.15) is 12.8 Å². The number of rotatable bonds is 23. The summed E-state index contributed by atoms with van der Waals surface area (Å²) >= 11 is 0. The molecule has 266 valence electrons. The molecule has 3 rings (SSSR count). The van der Waals surface area contributed by atoms with Crippen LogP contribution in [0.15, 0.2) is 90.4 Å². The number of aromatic nitrogens is 4. The number of allylic oxidation sites excluding steroid dienone is 12. The first-order valence-corrected chi connectivity index (χ1v) is 17.4. The fraction of sp³-hybridized carbons (Fsp3) is 0.486. The van der Waals surface area contributed by atoms with Gasteiger partial charge >= 0.3 is 6.09 Å². The average Bonchev–Trinajstić information content (AvgIpc) is 3.76. The Morgan fingerprint density at radius 3 is 2.12 bits per heavy atom. The molecule has 49 heavy (non-hydrogen) atoms. The fourth-order valence-electron chi connectivity index (χ4n) is 4.92. The number of H-pyrrole nitrogens is 1.